The molecule has 2 aromatic carbocycles. The Morgan fingerprint density at radius 2 is 1.70 bits per heavy atom. The predicted molar refractivity (Wildman–Crippen MR) is 152 cm³/mol. The van der Waals surface area contributed by atoms with E-state index in [9.17, 15) is 0 Å². The van der Waals surface area contributed by atoms with Gasteiger partial charge >= 0.3 is 0 Å². The zero-order valence-corrected chi connectivity index (χ0v) is 22.6. The average Bonchev–Trinajstić information content (AvgIpc) is 3.32. The monoisotopic (exact) mass is 501 g/mol. The van der Waals surface area contributed by atoms with Gasteiger partial charge in [0.2, 0.25) is 23.7 Å². The lowest BCUT2D eigenvalue weighted by atomic mass is 9.82. The summed E-state index contributed by atoms with van der Waals surface area (Å²) in [6, 6.07) is 14.1. The molecule has 1 atom stereocenters. The van der Waals surface area contributed by atoms with Gasteiger partial charge in [0.25, 0.3) is 0 Å². The van der Waals surface area contributed by atoms with Crippen molar-refractivity contribution in [3.63, 3.8) is 0 Å². The normalized spacial score (nSPS) is 12.6. The van der Waals surface area contributed by atoms with Gasteiger partial charge in [0.05, 0.1) is 0 Å². The maximum absolute atomic E-state index is 6.04. The van der Waals surface area contributed by atoms with Gasteiger partial charge in [-0.3, -0.25) is 0 Å². The minimum absolute atomic E-state index is 0.0984. The summed E-state index contributed by atoms with van der Waals surface area (Å²) >= 11 is 0. The Hall–Kier alpha value is -3.68. The molecule has 196 valence electrons. The number of anilines is 4. The fourth-order valence-electron chi connectivity index (χ4n) is 4.21. The lowest BCUT2D eigenvalue weighted by Gasteiger charge is -2.22. The van der Waals surface area contributed by atoms with E-state index in [1.807, 2.05) is 30.3 Å². The van der Waals surface area contributed by atoms with Crippen LogP contribution in [0.5, 0.6) is 0 Å². The summed E-state index contributed by atoms with van der Waals surface area (Å²) in [6.45, 7) is 11.9. The van der Waals surface area contributed by atoms with E-state index < -0.39 is 0 Å². The Kier molecular flexibility index (Phi) is 8.26. The molecule has 2 aromatic heterocycles. The molecule has 0 aliphatic heterocycles. The van der Waals surface area contributed by atoms with Crippen LogP contribution in [0.4, 0.5) is 23.5 Å². The zero-order chi connectivity index (χ0) is 26.4. The molecule has 8 nitrogen and oxygen atoms in total. The molecule has 0 aliphatic carbocycles. The van der Waals surface area contributed by atoms with Gasteiger partial charge in [-0.05, 0) is 66.1 Å². The summed E-state index contributed by atoms with van der Waals surface area (Å²) in [4.78, 5) is 17.7. The Labute approximate surface area is 219 Å². The molecule has 0 radical (unpaired) electrons. The van der Waals surface area contributed by atoms with Crippen LogP contribution in [0.15, 0.2) is 46.9 Å². The average molecular weight is 502 g/mol. The van der Waals surface area contributed by atoms with Crippen molar-refractivity contribution in [2.75, 3.05) is 22.9 Å². The first-order valence-corrected chi connectivity index (χ1v) is 13.3. The summed E-state index contributed by atoms with van der Waals surface area (Å²) < 4.78 is 6.04. The van der Waals surface area contributed by atoms with Crippen LogP contribution in [0.3, 0.4) is 0 Å². The Balaban J connectivity index is 1.45. The Morgan fingerprint density at radius 3 is 2.41 bits per heavy atom. The minimum Gasteiger partial charge on any atom is -0.436 e. The molecule has 4 rings (SSSR count). The predicted octanol–water partition coefficient (Wildman–Crippen LogP) is 7.32. The van der Waals surface area contributed by atoms with Crippen molar-refractivity contribution in [1.82, 2.24) is 19.9 Å². The first-order valence-electron chi connectivity index (χ1n) is 13.3. The number of rotatable bonds is 12. The largest absolute Gasteiger partial charge is 0.436 e. The molecule has 0 aliphatic rings. The number of fused-ring (bicyclic) bond motifs is 1. The van der Waals surface area contributed by atoms with Crippen LogP contribution in [0, 0.1) is 5.92 Å². The van der Waals surface area contributed by atoms with E-state index in [0.717, 1.165) is 41.7 Å². The number of unbranched alkanes of at least 4 members (excludes halogenated alkanes) is 1. The molecule has 2 heterocycles. The third-order valence-corrected chi connectivity index (χ3v) is 7.19. The first kappa shape index (κ1) is 26.4. The van der Waals surface area contributed by atoms with Crippen LogP contribution in [0.25, 0.3) is 22.6 Å². The number of nitrogens with zero attached hydrogens (tertiary/aromatic N) is 4. The number of benzene rings is 2. The third-order valence-electron chi connectivity index (χ3n) is 7.19. The third kappa shape index (κ3) is 6.56. The molecule has 0 bridgehead atoms. The van der Waals surface area contributed by atoms with Gasteiger partial charge in [-0.2, -0.15) is 15.0 Å². The van der Waals surface area contributed by atoms with Crippen LogP contribution in [-0.2, 0) is 5.41 Å². The first-order chi connectivity index (χ1) is 17.8. The van der Waals surface area contributed by atoms with Crippen molar-refractivity contribution < 1.29 is 4.42 Å². The van der Waals surface area contributed by atoms with Crippen molar-refractivity contribution in [2.24, 2.45) is 5.92 Å². The Morgan fingerprint density at radius 1 is 0.946 bits per heavy atom. The van der Waals surface area contributed by atoms with E-state index >= 15 is 0 Å². The van der Waals surface area contributed by atoms with E-state index in [4.69, 9.17) is 15.1 Å². The van der Waals surface area contributed by atoms with Crippen molar-refractivity contribution in [3.05, 3.63) is 48.0 Å². The number of hydrogen-bond donors (Lipinski definition) is 3. The van der Waals surface area contributed by atoms with Gasteiger partial charge in [0.1, 0.15) is 5.52 Å². The van der Waals surface area contributed by atoms with Gasteiger partial charge in [-0.1, -0.05) is 59.9 Å². The summed E-state index contributed by atoms with van der Waals surface area (Å²) in [5.41, 5.74) is 10.7. The molecular weight excluding hydrogens is 462 g/mol. The van der Waals surface area contributed by atoms with Gasteiger partial charge < -0.3 is 20.8 Å². The van der Waals surface area contributed by atoms with Gasteiger partial charge in [-0.15, -0.1) is 0 Å². The second kappa shape index (κ2) is 11.6. The molecule has 4 N–H and O–H groups in total. The minimum atomic E-state index is 0.0984. The van der Waals surface area contributed by atoms with E-state index in [1.54, 1.807) is 0 Å². The molecule has 37 heavy (non-hydrogen) atoms. The van der Waals surface area contributed by atoms with Crippen LogP contribution < -0.4 is 16.4 Å². The number of oxazole rings is 1. The highest BCUT2D eigenvalue weighted by molar-refractivity contribution is 5.77. The van der Waals surface area contributed by atoms with E-state index in [0.29, 0.717) is 23.7 Å². The molecular formula is C29H39N7O. The highest BCUT2D eigenvalue weighted by Crippen LogP contribution is 2.31. The fourth-order valence-corrected chi connectivity index (χ4v) is 4.21. The molecule has 0 saturated carbocycles. The zero-order valence-electron chi connectivity index (χ0n) is 22.6. The number of nitrogen functional groups attached to an aromatic ring is 1. The standard InChI is InChI=1S/C29H39N7O/c1-6-9-10-19(7-2)18-31-27-34-26(30)35-28(36-27)32-22-14-11-20(12-15-22)25-33-23-17-21(29(4,5)8-3)13-16-24(23)37-25/h11-17,19H,6-10,18H2,1-5H3,(H4,30,31,32,34,35,36). The molecule has 1 unspecified atom stereocenters. The topological polar surface area (TPSA) is 115 Å². The summed E-state index contributed by atoms with van der Waals surface area (Å²) in [5.74, 6) is 2.24. The van der Waals surface area contributed by atoms with Crippen LogP contribution in [0.2, 0.25) is 0 Å². The van der Waals surface area contributed by atoms with Crippen molar-refractivity contribution >= 4 is 34.6 Å². The number of hydrogen-bond acceptors (Lipinski definition) is 8. The SMILES string of the molecule is CCCCC(CC)CNc1nc(N)nc(Nc2ccc(-c3nc4cc(C(C)(C)CC)ccc4o3)cc2)n1. The van der Waals surface area contributed by atoms with Crippen LogP contribution >= 0.6 is 0 Å². The quantitative estimate of drug-likeness (QED) is 0.185. The summed E-state index contributed by atoms with van der Waals surface area (Å²) in [6.07, 6.45) is 5.79. The molecule has 8 heteroatoms. The Bertz CT molecular complexity index is 1310. The van der Waals surface area contributed by atoms with Gasteiger partial charge in [0, 0.05) is 17.8 Å². The highest BCUT2D eigenvalue weighted by atomic mass is 16.3. The van der Waals surface area contributed by atoms with Crippen molar-refractivity contribution in [3.8, 4) is 11.5 Å². The fraction of sp³-hybridized carbons (Fsp3) is 0.448. The second-order valence-corrected chi connectivity index (χ2v) is 10.3. The second-order valence-electron chi connectivity index (χ2n) is 10.3. The number of nitrogens with two attached hydrogens (primary N) is 1. The number of nitrogens with one attached hydrogen (secondary N) is 2. The van der Waals surface area contributed by atoms with Crippen LogP contribution in [0.1, 0.15) is 72.3 Å². The lowest BCUT2D eigenvalue weighted by molar-refractivity contribution is 0.472. The summed E-state index contributed by atoms with van der Waals surface area (Å²) in [5, 5.41) is 6.55. The summed E-state index contributed by atoms with van der Waals surface area (Å²) in [7, 11) is 0. The van der Waals surface area contributed by atoms with Crippen LogP contribution in [-0.4, -0.2) is 26.5 Å². The van der Waals surface area contributed by atoms with Crippen molar-refractivity contribution in [2.45, 2.75) is 72.1 Å². The molecule has 0 amide bonds. The van der Waals surface area contributed by atoms with Gasteiger partial charge in [-0.25, -0.2) is 4.98 Å². The molecule has 0 fully saturated rings. The van der Waals surface area contributed by atoms with E-state index in [2.05, 4.69) is 72.3 Å². The highest BCUT2D eigenvalue weighted by Gasteiger charge is 2.19. The lowest BCUT2D eigenvalue weighted by Crippen LogP contribution is -2.16. The molecule has 0 saturated heterocycles. The van der Waals surface area contributed by atoms with E-state index in [1.165, 1.54) is 24.8 Å². The maximum Gasteiger partial charge on any atom is 0.233 e. The van der Waals surface area contributed by atoms with E-state index in [-0.39, 0.29) is 11.4 Å². The van der Waals surface area contributed by atoms with Crippen molar-refractivity contribution in [1.29, 1.82) is 0 Å². The molecule has 0 spiro atoms. The number of aromatic nitrogens is 4. The maximum atomic E-state index is 6.04. The molecule has 4 aromatic rings. The smallest absolute Gasteiger partial charge is 0.233 e. The van der Waals surface area contributed by atoms with Gasteiger partial charge in [0.15, 0.2) is 5.58 Å².